The Morgan fingerprint density at radius 2 is 2.00 bits per heavy atom. The highest BCUT2D eigenvalue weighted by atomic mass is 14.2. The van der Waals surface area contributed by atoms with Gasteiger partial charge >= 0.3 is 0 Å². The molecule has 0 aromatic heterocycles. The van der Waals surface area contributed by atoms with Crippen LogP contribution in [0, 0.1) is 17.2 Å². The van der Waals surface area contributed by atoms with Crippen molar-refractivity contribution < 1.29 is 0 Å². The van der Waals surface area contributed by atoms with E-state index in [0.717, 1.165) is 12.0 Å². The minimum absolute atomic E-state index is 0.616. The zero-order chi connectivity index (χ0) is 10.4. The maximum Gasteiger partial charge on any atom is 0.0991 e. The molecule has 1 aromatic carbocycles. The van der Waals surface area contributed by atoms with Crippen LogP contribution in [0.5, 0.6) is 0 Å². The van der Waals surface area contributed by atoms with Crippen molar-refractivity contribution in [1.29, 1.82) is 5.26 Å². The summed E-state index contributed by atoms with van der Waals surface area (Å²) in [5, 5.41) is 8.62. The maximum absolute atomic E-state index is 8.62. The van der Waals surface area contributed by atoms with Crippen LogP contribution in [0.2, 0.25) is 0 Å². The van der Waals surface area contributed by atoms with Crippen LogP contribution in [-0.4, -0.2) is 0 Å². The van der Waals surface area contributed by atoms with Crippen LogP contribution < -0.4 is 0 Å². The Morgan fingerprint density at radius 3 is 2.50 bits per heavy atom. The molecule has 0 amide bonds. The number of allylic oxidation sites excluding steroid dienone is 1. The molecule has 1 atom stereocenters. The van der Waals surface area contributed by atoms with Gasteiger partial charge in [-0.1, -0.05) is 44.6 Å². The summed E-state index contributed by atoms with van der Waals surface area (Å²) in [6.45, 7) is 4.37. The van der Waals surface area contributed by atoms with E-state index in [1.165, 1.54) is 0 Å². The lowest BCUT2D eigenvalue weighted by molar-refractivity contribution is 0.701. The lowest BCUT2D eigenvalue weighted by Gasteiger charge is -1.99. The van der Waals surface area contributed by atoms with E-state index in [1.54, 1.807) is 0 Å². The Bertz CT molecular complexity index is 340. The van der Waals surface area contributed by atoms with Crippen molar-refractivity contribution >= 4 is 6.08 Å². The van der Waals surface area contributed by atoms with Crippen molar-refractivity contribution in [3.8, 4) is 6.07 Å². The molecular formula is C13H15N. The lowest BCUT2D eigenvalue weighted by Crippen LogP contribution is -1.84. The van der Waals surface area contributed by atoms with E-state index in [-0.39, 0.29) is 0 Å². The molecule has 0 aliphatic rings. The van der Waals surface area contributed by atoms with Gasteiger partial charge in [0.05, 0.1) is 11.6 Å². The van der Waals surface area contributed by atoms with Crippen molar-refractivity contribution in [1.82, 2.24) is 0 Å². The molecule has 0 saturated heterocycles. The number of hydrogen-bond donors (Lipinski definition) is 0. The molecule has 0 saturated carbocycles. The molecular weight excluding hydrogens is 170 g/mol. The fourth-order valence-electron chi connectivity index (χ4n) is 1.08. The highest BCUT2D eigenvalue weighted by molar-refractivity contribution is 5.51. The van der Waals surface area contributed by atoms with Crippen LogP contribution in [0.4, 0.5) is 0 Å². The van der Waals surface area contributed by atoms with Gasteiger partial charge in [0.1, 0.15) is 0 Å². The smallest absolute Gasteiger partial charge is 0.0991 e. The molecule has 0 aliphatic heterocycles. The molecule has 0 heterocycles. The lowest BCUT2D eigenvalue weighted by atomic mass is 10.1. The van der Waals surface area contributed by atoms with E-state index < -0.39 is 0 Å². The summed E-state index contributed by atoms with van der Waals surface area (Å²) in [4.78, 5) is 0. The Kier molecular flexibility index (Phi) is 3.94. The summed E-state index contributed by atoms with van der Waals surface area (Å²) >= 11 is 0. The largest absolute Gasteiger partial charge is 0.192 e. The molecule has 0 spiro atoms. The minimum atomic E-state index is 0.616. The van der Waals surface area contributed by atoms with E-state index in [2.05, 4.69) is 32.1 Å². The topological polar surface area (TPSA) is 23.8 Å². The standard InChI is InChI=1S/C13H15N/c1-3-11(2)4-5-12-6-8-13(10-14)9-7-12/h4-9,11H,3H2,1-2H3/b5-4+. The van der Waals surface area contributed by atoms with Gasteiger partial charge in [0.2, 0.25) is 0 Å². The Morgan fingerprint density at radius 1 is 1.36 bits per heavy atom. The highest BCUT2D eigenvalue weighted by Gasteiger charge is 1.92. The van der Waals surface area contributed by atoms with Crippen LogP contribution in [0.15, 0.2) is 30.3 Å². The molecule has 1 rings (SSSR count). The molecule has 0 radical (unpaired) electrons. The summed E-state index contributed by atoms with van der Waals surface area (Å²) in [7, 11) is 0. The third kappa shape index (κ3) is 3.06. The van der Waals surface area contributed by atoms with Gasteiger partial charge in [-0.3, -0.25) is 0 Å². The number of hydrogen-bond acceptors (Lipinski definition) is 1. The van der Waals surface area contributed by atoms with E-state index in [1.807, 2.05) is 24.3 Å². The summed E-state index contributed by atoms with van der Waals surface area (Å²) in [5.41, 5.74) is 1.87. The maximum atomic E-state index is 8.62. The first-order chi connectivity index (χ1) is 6.76. The van der Waals surface area contributed by atoms with E-state index >= 15 is 0 Å². The van der Waals surface area contributed by atoms with E-state index in [4.69, 9.17) is 5.26 Å². The van der Waals surface area contributed by atoms with E-state index in [0.29, 0.717) is 11.5 Å². The van der Waals surface area contributed by atoms with Crippen LogP contribution in [0.25, 0.3) is 6.08 Å². The number of nitrogens with zero attached hydrogens (tertiary/aromatic N) is 1. The van der Waals surface area contributed by atoms with Crippen molar-refractivity contribution in [2.24, 2.45) is 5.92 Å². The zero-order valence-electron chi connectivity index (χ0n) is 8.70. The monoisotopic (exact) mass is 185 g/mol. The molecule has 72 valence electrons. The van der Waals surface area contributed by atoms with Gasteiger partial charge in [-0.2, -0.15) is 5.26 Å². The molecule has 0 fully saturated rings. The highest BCUT2D eigenvalue weighted by Crippen LogP contribution is 2.09. The van der Waals surface area contributed by atoms with Crippen molar-refractivity contribution in [3.63, 3.8) is 0 Å². The van der Waals surface area contributed by atoms with Crippen molar-refractivity contribution in [2.45, 2.75) is 20.3 Å². The fourth-order valence-corrected chi connectivity index (χ4v) is 1.08. The average Bonchev–Trinajstić information content (AvgIpc) is 2.26. The van der Waals surface area contributed by atoms with E-state index in [9.17, 15) is 0 Å². The van der Waals surface area contributed by atoms with Crippen LogP contribution >= 0.6 is 0 Å². The van der Waals surface area contributed by atoms with Crippen molar-refractivity contribution in [2.75, 3.05) is 0 Å². The Balaban J connectivity index is 2.70. The Hall–Kier alpha value is -1.55. The second-order valence-corrected chi connectivity index (χ2v) is 3.48. The first-order valence-corrected chi connectivity index (χ1v) is 4.94. The second kappa shape index (κ2) is 5.24. The summed E-state index contributed by atoms with van der Waals surface area (Å²) in [6.07, 6.45) is 5.46. The number of rotatable bonds is 3. The van der Waals surface area contributed by atoms with Gasteiger partial charge in [0.25, 0.3) is 0 Å². The average molecular weight is 185 g/mol. The molecule has 14 heavy (non-hydrogen) atoms. The quantitative estimate of drug-likeness (QED) is 0.705. The zero-order valence-corrected chi connectivity index (χ0v) is 8.70. The van der Waals surface area contributed by atoms with Crippen LogP contribution in [0.3, 0.4) is 0 Å². The van der Waals surface area contributed by atoms with Crippen LogP contribution in [-0.2, 0) is 0 Å². The summed E-state index contributed by atoms with van der Waals surface area (Å²) < 4.78 is 0. The molecule has 0 N–H and O–H groups in total. The normalized spacial score (nSPS) is 12.6. The predicted octanol–water partition coefficient (Wildman–Crippen LogP) is 3.62. The molecule has 0 bridgehead atoms. The molecule has 1 heteroatoms. The van der Waals surface area contributed by atoms with Crippen LogP contribution in [0.1, 0.15) is 31.4 Å². The first kappa shape index (κ1) is 10.5. The first-order valence-electron chi connectivity index (χ1n) is 4.94. The SMILES string of the molecule is CCC(C)/C=C/c1ccc(C#N)cc1. The molecule has 0 aliphatic carbocycles. The summed E-state index contributed by atoms with van der Waals surface area (Å²) in [5.74, 6) is 0.616. The third-order valence-corrected chi connectivity index (χ3v) is 2.30. The number of nitriles is 1. The van der Waals surface area contributed by atoms with Gasteiger partial charge in [-0.25, -0.2) is 0 Å². The summed E-state index contributed by atoms with van der Waals surface area (Å²) in [6, 6.07) is 9.73. The number of benzene rings is 1. The van der Waals surface area contributed by atoms with Gasteiger partial charge in [0, 0.05) is 0 Å². The second-order valence-electron chi connectivity index (χ2n) is 3.48. The predicted molar refractivity (Wildman–Crippen MR) is 59.6 cm³/mol. The van der Waals surface area contributed by atoms with Gasteiger partial charge in [0.15, 0.2) is 0 Å². The Labute approximate surface area is 85.7 Å². The third-order valence-electron chi connectivity index (χ3n) is 2.30. The molecule has 1 unspecified atom stereocenters. The van der Waals surface area contributed by atoms with Gasteiger partial charge in [-0.15, -0.1) is 0 Å². The molecule has 1 nitrogen and oxygen atoms in total. The van der Waals surface area contributed by atoms with Gasteiger partial charge in [-0.05, 0) is 23.6 Å². The minimum Gasteiger partial charge on any atom is -0.192 e. The van der Waals surface area contributed by atoms with Gasteiger partial charge < -0.3 is 0 Å². The van der Waals surface area contributed by atoms with Crippen molar-refractivity contribution in [3.05, 3.63) is 41.5 Å². The molecule has 1 aromatic rings. The fraction of sp³-hybridized carbons (Fsp3) is 0.308.